The Kier molecular flexibility index (Phi) is 5.94. The van der Waals surface area contributed by atoms with Gasteiger partial charge in [-0.25, -0.2) is 4.79 Å². The van der Waals surface area contributed by atoms with Crippen molar-refractivity contribution in [3.05, 3.63) is 53.6 Å². The van der Waals surface area contributed by atoms with Crippen LogP contribution in [0.3, 0.4) is 0 Å². The number of hydrogen-bond acceptors (Lipinski definition) is 5. The summed E-state index contributed by atoms with van der Waals surface area (Å²) in [6.45, 7) is 1.25. The number of ether oxygens (including phenoxy) is 2. The number of phenols is 1. The zero-order valence-electron chi connectivity index (χ0n) is 14.3. The number of anilines is 1. The Morgan fingerprint density at radius 1 is 1.15 bits per heavy atom. The summed E-state index contributed by atoms with van der Waals surface area (Å²) >= 11 is 0. The molecular formula is C18H16F3NO5. The molecule has 144 valence electrons. The topological polar surface area (TPSA) is 84.9 Å². The lowest BCUT2D eigenvalue weighted by Gasteiger charge is -2.15. The van der Waals surface area contributed by atoms with Gasteiger partial charge in [-0.2, -0.15) is 13.2 Å². The highest BCUT2D eigenvalue weighted by Gasteiger charge is 2.30. The summed E-state index contributed by atoms with van der Waals surface area (Å²) in [5.41, 5.74) is -1.23. The highest BCUT2D eigenvalue weighted by molar-refractivity contribution is 5.98. The lowest BCUT2D eigenvalue weighted by molar-refractivity contribution is -0.137. The van der Waals surface area contributed by atoms with Crippen molar-refractivity contribution >= 4 is 17.6 Å². The van der Waals surface area contributed by atoms with E-state index in [0.29, 0.717) is 0 Å². The predicted octanol–water partition coefficient (Wildman–Crippen LogP) is 3.60. The van der Waals surface area contributed by atoms with E-state index < -0.39 is 35.5 Å². The molecule has 9 heteroatoms. The van der Waals surface area contributed by atoms with Gasteiger partial charge in [0.25, 0.3) is 5.91 Å². The first kappa shape index (κ1) is 20.1. The molecule has 0 heterocycles. The molecule has 0 saturated carbocycles. The van der Waals surface area contributed by atoms with Crippen LogP contribution >= 0.6 is 0 Å². The second-order valence-corrected chi connectivity index (χ2v) is 5.47. The third-order valence-corrected chi connectivity index (χ3v) is 3.55. The van der Waals surface area contributed by atoms with Gasteiger partial charge in [-0.3, -0.25) is 4.79 Å². The molecule has 2 N–H and O–H groups in total. The number of amides is 1. The second-order valence-electron chi connectivity index (χ2n) is 5.47. The van der Waals surface area contributed by atoms with Crippen LogP contribution in [0.4, 0.5) is 18.9 Å². The van der Waals surface area contributed by atoms with Crippen molar-refractivity contribution < 1.29 is 37.3 Å². The Labute approximate surface area is 152 Å². The molecule has 1 atom stereocenters. The van der Waals surface area contributed by atoms with Gasteiger partial charge in [-0.05, 0) is 37.3 Å². The summed E-state index contributed by atoms with van der Waals surface area (Å²) in [5, 5.41) is 12.2. The minimum Gasteiger partial charge on any atom is -0.504 e. The summed E-state index contributed by atoms with van der Waals surface area (Å²) in [6.07, 6.45) is -5.87. The fraction of sp³-hybridized carbons (Fsp3) is 0.222. The average molecular weight is 383 g/mol. The molecule has 0 saturated heterocycles. The first-order valence-electron chi connectivity index (χ1n) is 7.68. The maximum atomic E-state index is 12.7. The van der Waals surface area contributed by atoms with E-state index in [-0.39, 0.29) is 17.0 Å². The highest BCUT2D eigenvalue weighted by Crippen LogP contribution is 2.31. The fourth-order valence-electron chi connectivity index (χ4n) is 2.15. The third-order valence-electron chi connectivity index (χ3n) is 3.55. The van der Waals surface area contributed by atoms with E-state index in [1.165, 1.54) is 38.3 Å². The maximum absolute atomic E-state index is 12.7. The number of carbonyl (C=O) groups excluding carboxylic acids is 2. The van der Waals surface area contributed by atoms with Crippen LogP contribution < -0.4 is 10.1 Å². The standard InChI is InChI=1S/C18H16F3NO5/c1-10(27-17(25)13-7-4-8-14(26-2)15(13)23)16(24)22-12-6-3-5-11(9-12)18(19,20)21/h3-10,23H,1-2H3,(H,22,24). The van der Waals surface area contributed by atoms with Crippen molar-refractivity contribution in [3.8, 4) is 11.5 Å². The van der Waals surface area contributed by atoms with Crippen molar-refractivity contribution in [3.63, 3.8) is 0 Å². The number of esters is 1. The molecule has 2 rings (SSSR count). The summed E-state index contributed by atoms with van der Waals surface area (Å²) in [7, 11) is 1.30. The van der Waals surface area contributed by atoms with Crippen LogP contribution in [0.5, 0.6) is 11.5 Å². The van der Waals surface area contributed by atoms with Gasteiger partial charge in [0.1, 0.15) is 5.56 Å². The van der Waals surface area contributed by atoms with Crippen LogP contribution in [0.2, 0.25) is 0 Å². The Morgan fingerprint density at radius 2 is 1.81 bits per heavy atom. The molecule has 0 bridgehead atoms. The number of alkyl halides is 3. The van der Waals surface area contributed by atoms with Crippen LogP contribution in [0.15, 0.2) is 42.5 Å². The molecule has 2 aromatic rings. The van der Waals surface area contributed by atoms with Crippen molar-refractivity contribution in [2.24, 2.45) is 0 Å². The van der Waals surface area contributed by atoms with Gasteiger partial charge in [0.2, 0.25) is 0 Å². The molecular weight excluding hydrogens is 367 g/mol. The molecule has 1 unspecified atom stereocenters. The van der Waals surface area contributed by atoms with E-state index in [1.807, 2.05) is 0 Å². The van der Waals surface area contributed by atoms with Gasteiger partial charge in [-0.15, -0.1) is 0 Å². The number of nitrogens with one attached hydrogen (secondary N) is 1. The number of halogens is 3. The summed E-state index contributed by atoms with van der Waals surface area (Å²) < 4.78 is 48.0. The van der Waals surface area contributed by atoms with E-state index in [4.69, 9.17) is 9.47 Å². The fourth-order valence-corrected chi connectivity index (χ4v) is 2.15. The number of aromatic hydroxyl groups is 1. The van der Waals surface area contributed by atoms with Gasteiger partial charge < -0.3 is 19.9 Å². The minimum atomic E-state index is -4.55. The SMILES string of the molecule is COc1cccc(C(=O)OC(C)C(=O)Nc2cccc(C(F)(F)F)c2)c1O. The van der Waals surface area contributed by atoms with Crippen molar-refractivity contribution in [2.75, 3.05) is 12.4 Å². The van der Waals surface area contributed by atoms with Gasteiger partial charge in [0.15, 0.2) is 17.6 Å². The second kappa shape index (κ2) is 7.98. The number of hydrogen-bond donors (Lipinski definition) is 2. The number of phenolic OH excluding ortho intramolecular Hbond substituents is 1. The number of rotatable bonds is 5. The Bertz CT molecular complexity index is 851. The van der Waals surface area contributed by atoms with E-state index in [2.05, 4.69) is 5.32 Å². The summed E-state index contributed by atoms with van der Waals surface area (Å²) in [4.78, 5) is 24.2. The summed E-state index contributed by atoms with van der Waals surface area (Å²) in [5.74, 6) is -2.22. The highest BCUT2D eigenvalue weighted by atomic mass is 19.4. The zero-order chi connectivity index (χ0) is 20.2. The molecule has 0 aromatic heterocycles. The third kappa shape index (κ3) is 4.90. The van der Waals surface area contributed by atoms with E-state index >= 15 is 0 Å². The molecule has 0 aliphatic heterocycles. The van der Waals surface area contributed by atoms with Crippen molar-refractivity contribution in [2.45, 2.75) is 19.2 Å². The largest absolute Gasteiger partial charge is 0.504 e. The van der Waals surface area contributed by atoms with Gasteiger partial charge in [0.05, 0.1) is 12.7 Å². The van der Waals surface area contributed by atoms with E-state index in [0.717, 1.165) is 18.2 Å². The van der Waals surface area contributed by atoms with Crippen LogP contribution in [-0.2, 0) is 15.7 Å². The van der Waals surface area contributed by atoms with Crippen molar-refractivity contribution in [1.29, 1.82) is 0 Å². The van der Waals surface area contributed by atoms with Crippen LogP contribution in [0.25, 0.3) is 0 Å². The molecule has 1 amide bonds. The average Bonchev–Trinajstić information content (AvgIpc) is 2.61. The lowest BCUT2D eigenvalue weighted by atomic mass is 10.2. The number of para-hydroxylation sites is 1. The smallest absolute Gasteiger partial charge is 0.416 e. The van der Waals surface area contributed by atoms with Gasteiger partial charge in [0, 0.05) is 5.69 Å². The quantitative estimate of drug-likeness (QED) is 0.771. The Morgan fingerprint density at radius 3 is 2.44 bits per heavy atom. The molecule has 2 aromatic carbocycles. The molecule has 6 nitrogen and oxygen atoms in total. The number of methoxy groups -OCH3 is 1. The van der Waals surface area contributed by atoms with E-state index in [9.17, 15) is 27.9 Å². The number of benzene rings is 2. The molecule has 0 radical (unpaired) electrons. The molecule has 0 aliphatic carbocycles. The lowest BCUT2D eigenvalue weighted by Crippen LogP contribution is -2.30. The predicted molar refractivity (Wildman–Crippen MR) is 89.6 cm³/mol. The van der Waals surface area contributed by atoms with Gasteiger partial charge >= 0.3 is 12.1 Å². The van der Waals surface area contributed by atoms with Crippen LogP contribution in [0.1, 0.15) is 22.8 Å². The maximum Gasteiger partial charge on any atom is 0.416 e. The van der Waals surface area contributed by atoms with Crippen molar-refractivity contribution in [1.82, 2.24) is 0 Å². The number of carbonyl (C=O) groups is 2. The Hall–Kier alpha value is -3.23. The molecule has 0 fully saturated rings. The van der Waals surface area contributed by atoms with Crippen LogP contribution in [0, 0.1) is 0 Å². The molecule has 0 spiro atoms. The first-order valence-corrected chi connectivity index (χ1v) is 7.68. The van der Waals surface area contributed by atoms with E-state index in [1.54, 1.807) is 0 Å². The van der Waals surface area contributed by atoms with Gasteiger partial charge in [-0.1, -0.05) is 12.1 Å². The normalized spacial score (nSPS) is 12.2. The molecule has 27 heavy (non-hydrogen) atoms. The zero-order valence-corrected chi connectivity index (χ0v) is 14.3. The summed E-state index contributed by atoms with van der Waals surface area (Å²) in [6, 6.07) is 8.19. The van der Waals surface area contributed by atoms with Crippen LogP contribution in [-0.4, -0.2) is 30.2 Å². The monoisotopic (exact) mass is 383 g/mol. The first-order chi connectivity index (χ1) is 12.6. The minimum absolute atomic E-state index is 0.0468. The Balaban J connectivity index is 2.07. The molecule has 0 aliphatic rings.